The third kappa shape index (κ3) is 3.83. The second-order valence-electron chi connectivity index (χ2n) is 5.40. The Labute approximate surface area is 156 Å². The average molecular weight is 423 g/mol. The van der Waals surface area contributed by atoms with Gasteiger partial charge in [-0.05, 0) is 58.7 Å². The lowest BCUT2D eigenvalue weighted by Crippen LogP contribution is -2.41. The van der Waals surface area contributed by atoms with Gasteiger partial charge in [0.25, 0.3) is 11.8 Å². The average Bonchev–Trinajstić information content (AvgIpc) is 3.20. The van der Waals surface area contributed by atoms with Crippen molar-refractivity contribution < 1.29 is 14.4 Å². The third-order valence-electron chi connectivity index (χ3n) is 3.69. The summed E-state index contributed by atoms with van der Waals surface area (Å²) in [6, 6.07) is 8.32. The van der Waals surface area contributed by atoms with Crippen molar-refractivity contribution in [2.24, 2.45) is 0 Å². The van der Waals surface area contributed by atoms with E-state index in [0.717, 1.165) is 15.0 Å². The lowest BCUT2D eigenvalue weighted by molar-refractivity contribution is 0.0849. The standard InChI is InChI=1S/C16H15BrN4O3S/c1-9-8-10(2-3-11(9)21-7-6-18-16(21)24)14(22)19-20-15(23)12-4-5-13(17)25-12/h2-5,8H,6-7H2,1H3,(H,18,24)(H,19,22)(H,20,23). The second kappa shape index (κ2) is 7.24. The van der Waals surface area contributed by atoms with Crippen LogP contribution in [0.5, 0.6) is 0 Å². The van der Waals surface area contributed by atoms with Gasteiger partial charge in [0.15, 0.2) is 0 Å². The van der Waals surface area contributed by atoms with Crippen LogP contribution in [0.2, 0.25) is 0 Å². The van der Waals surface area contributed by atoms with E-state index in [4.69, 9.17) is 0 Å². The summed E-state index contributed by atoms with van der Waals surface area (Å²) >= 11 is 4.55. The summed E-state index contributed by atoms with van der Waals surface area (Å²) in [5, 5.41) is 2.74. The zero-order valence-electron chi connectivity index (χ0n) is 13.3. The first kappa shape index (κ1) is 17.4. The van der Waals surface area contributed by atoms with Crippen LogP contribution in [-0.4, -0.2) is 30.9 Å². The Morgan fingerprint density at radius 3 is 2.56 bits per heavy atom. The molecule has 0 spiro atoms. The van der Waals surface area contributed by atoms with Crippen molar-refractivity contribution >= 4 is 50.8 Å². The number of carbonyl (C=O) groups is 3. The molecular formula is C16H15BrN4O3S. The first-order valence-electron chi connectivity index (χ1n) is 7.48. The fraction of sp³-hybridized carbons (Fsp3) is 0.188. The fourth-order valence-electron chi connectivity index (χ4n) is 2.48. The number of anilines is 1. The molecule has 9 heteroatoms. The maximum absolute atomic E-state index is 12.2. The van der Waals surface area contributed by atoms with Gasteiger partial charge in [-0.3, -0.25) is 25.3 Å². The topological polar surface area (TPSA) is 90.5 Å². The van der Waals surface area contributed by atoms with E-state index in [1.54, 1.807) is 35.2 Å². The molecule has 3 N–H and O–H groups in total. The molecule has 1 fully saturated rings. The Kier molecular flexibility index (Phi) is 5.05. The van der Waals surface area contributed by atoms with Crippen LogP contribution < -0.4 is 21.1 Å². The maximum Gasteiger partial charge on any atom is 0.322 e. The van der Waals surface area contributed by atoms with Crippen molar-refractivity contribution in [2.45, 2.75) is 6.92 Å². The minimum atomic E-state index is -0.426. The summed E-state index contributed by atoms with van der Waals surface area (Å²) in [5.74, 6) is -0.810. The number of carbonyl (C=O) groups excluding carboxylic acids is 3. The predicted octanol–water partition coefficient (Wildman–Crippen LogP) is 2.42. The largest absolute Gasteiger partial charge is 0.336 e. The molecule has 0 saturated carbocycles. The number of nitrogens with one attached hydrogen (secondary N) is 3. The molecule has 0 radical (unpaired) electrons. The van der Waals surface area contributed by atoms with Gasteiger partial charge in [-0.1, -0.05) is 0 Å². The van der Waals surface area contributed by atoms with Crippen LogP contribution in [0.4, 0.5) is 10.5 Å². The molecule has 1 saturated heterocycles. The van der Waals surface area contributed by atoms with Gasteiger partial charge in [-0.2, -0.15) is 0 Å². The summed E-state index contributed by atoms with van der Waals surface area (Å²) < 4.78 is 0.834. The number of urea groups is 1. The Hall–Kier alpha value is -2.39. The van der Waals surface area contributed by atoms with E-state index >= 15 is 0 Å². The van der Waals surface area contributed by atoms with Crippen LogP contribution in [0, 0.1) is 6.92 Å². The fourth-order valence-corrected chi connectivity index (χ4v) is 3.77. The van der Waals surface area contributed by atoms with E-state index in [9.17, 15) is 14.4 Å². The van der Waals surface area contributed by atoms with Gasteiger partial charge in [0.2, 0.25) is 0 Å². The number of aryl methyl sites for hydroxylation is 1. The van der Waals surface area contributed by atoms with Crippen LogP contribution in [0.3, 0.4) is 0 Å². The summed E-state index contributed by atoms with van der Waals surface area (Å²) in [6.07, 6.45) is 0. The molecule has 0 aliphatic carbocycles. The molecule has 1 aromatic carbocycles. The molecule has 2 heterocycles. The van der Waals surface area contributed by atoms with Gasteiger partial charge in [0.05, 0.1) is 8.66 Å². The summed E-state index contributed by atoms with van der Waals surface area (Å²) in [7, 11) is 0. The molecule has 4 amide bonds. The number of hydrogen-bond donors (Lipinski definition) is 3. The second-order valence-corrected chi connectivity index (χ2v) is 7.86. The molecular weight excluding hydrogens is 408 g/mol. The zero-order valence-corrected chi connectivity index (χ0v) is 15.7. The molecule has 1 aliphatic rings. The van der Waals surface area contributed by atoms with E-state index in [2.05, 4.69) is 32.1 Å². The lowest BCUT2D eigenvalue weighted by atomic mass is 10.1. The van der Waals surface area contributed by atoms with Gasteiger partial charge in [-0.15, -0.1) is 11.3 Å². The molecule has 2 aromatic rings. The highest BCUT2D eigenvalue weighted by atomic mass is 79.9. The minimum absolute atomic E-state index is 0.144. The first-order chi connectivity index (χ1) is 12.0. The van der Waals surface area contributed by atoms with Crippen molar-refractivity contribution in [3.63, 3.8) is 0 Å². The highest BCUT2D eigenvalue weighted by Gasteiger charge is 2.23. The Morgan fingerprint density at radius 1 is 1.20 bits per heavy atom. The van der Waals surface area contributed by atoms with Gasteiger partial charge in [-0.25, -0.2) is 4.79 Å². The molecule has 7 nitrogen and oxygen atoms in total. The monoisotopic (exact) mass is 422 g/mol. The van der Waals surface area contributed by atoms with Gasteiger partial charge in [0.1, 0.15) is 0 Å². The summed E-state index contributed by atoms with van der Waals surface area (Å²) in [4.78, 5) is 38.0. The molecule has 25 heavy (non-hydrogen) atoms. The molecule has 3 rings (SSSR count). The normalized spacial score (nSPS) is 13.5. The highest BCUT2D eigenvalue weighted by Crippen LogP contribution is 2.23. The van der Waals surface area contributed by atoms with Gasteiger partial charge < -0.3 is 5.32 Å². The van der Waals surface area contributed by atoms with Crippen molar-refractivity contribution in [1.29, 1.82) is 0 Å². The molecule has 1 aliphatic heterocycles. The molecule has 0 unspecified atom stereocenters. The van der Waals surface area contributed by atoms with Crippen LogP contribution in [0.15, 0.2) is 34.1 Å². The Morgan fingerprint density at radius 2 is 1.96 bits per heavy atom. The van der Waals surface area contributed by atoms with E-state index < -0.39 is 5.91 Å². The van der Waals surface area contributed by atoms with Crippen LogP contribution in [0.25, 0.3) is 0 Å². The van der Waals surface area contributed by atoms with E-state index in [1.807, 2.05) is 6.92 Å². The van der Waals surface area contributed by atoms with E-state index in [1.165, 1.54) is 11.3 Å². The van der Waals surface area contributed by atoms with Crippen molar-refractivity contribution in [2.75, 3.05) is 18.0 Å². The number of amides is 4. The zero-order chi connectivity index (χ0) is 18.0. The van der Waals surface area contributed by atoms with Gasteiger partial charge >= 0.3 is 6.03 Å². The molecule has 0 bridgehead atoms. The number of halogens is 1. The highest BCUT2D eigenvalue weighted by molar-refractivity contribution is 9.11. The van der Waals surface area contributed by atoms with Crippen LogP contribution >= 0.6 is 27.3 Å². The third-order valence-corrected chi connectivity index (χ3v) is 5.32. The van der Waals surface area contributed by atoms with Crippen LogP contribution in [0.1, 0.15) is 25.6 Å². The van der Waals surface area contributed by atoms with E-state index in [0.29, 0.717) is 23.5 Å². The molecule has 130 valence electrons. The van der Waals surface area contributed by atoms with Crippen molar-refractivity contribution in [3.8, 4) is 0 Å². The quantitative estimate of drug-likeness (QED) is 0.663. The van der Waals surface area contributed by atoms with Crippen molar-refractivity contribution in [3.05, 3.63) is 50.1 Å². The van der Waals surface area contributed by atoms with E-state index in [-0.39, 0.29) is 11.9 Å². The number of benzene rings is 1. The number of hydrogen-bond acceptors (Lipinski definition) is 4. The lowest BCUT2D eigenvalue weighted by Gasteiger charge is -2.17. The summed E-state index contributed by atoms with van der Waals surface area (Å²) in [5.41, 5.74) is 6.74. The Balaban J connectivity index is 1.65. The SMILES string of the molecule is Cc1cc(C(=O)NNC(=O)c2ccc(Br)s2)ccc1N1CCNC1=O. The molecule has 1 aromatic heterocycles. The molecule has 0 atom stereocenters. The smallest absolute Gasteiger partial charge is 0.322 e. The Bertz CT molecular complexity index is 852. The predicted molar refractivity (Wildman–Crippen MR) is 98.9 cm³/mol. The van der Waals surface area contributed by atoms with Crippen molar-refractivity contribution in [1.82, 2.24) is 16.2 Å². The number of thiophene rings is 1. The number of hydrazine groups is 1. The van der Waals surface area contributed by atoms with Crippen LogP contribution in [-0.2, 0) is 0 Å². The maximum atomic E-state index is 12.2. The minimum Gasteiger partial charge on any atom is -0.336 e. The number of nitrogens with zero attached hydrogens (tertiary/aromatic N) is 1. The summed E-state index contributed by atoms with van der Waals surface area (Å²) in [6.45, 7) is 3.03. The number of rotatable bonds is 3. The first-order valence-corrected chi connectivity index (χ1v) is 9.08. The van der Waals surface area contributed by atoms with Gasteiger partial charge in [0, 0.05) is 24.3 Å².